The van der Waals surface area contributed by atoms with Crippen LogP contribution in [0, 0.1) is 11.8 Å². The summed E-state index contributed by atoms with van der Waals surface area (Å²) >= 11 is 0. The van der Waals surface area contributed by atoms with Crippen molar-refractivity contribution in [2.75, 3.05) is 13.1 Å². The van der Waals surface area contributed by atoms with Crippen molar-refractivity contribution in [1.82, 2.24) is 10.6 Å². The van der Waals surface area contributed by atoms with Crippen molar-refractivity contribution >= 4 is 24.2 Å². The molecule has 0 spiro atoms. The molecule has 2 aliphatic carbocycles. The number of amides is 2. The summed E-state index contributed by atoms with van der Waals surface area (Å²) in [4.78, 5) is 24.1. The van der Waals surface area contributed by atoms with Crippen LogP contribution in [-0.4, -0.2) is 36.9 Å². The Hall–Kier alpha value is -0.950. The first kappa shape index (κ1) is 23.1. The van der Waals surface area contributed by atoms with Crippen molar-refractivity contribution in [2.45, 2.75) is 76.2 Å². The van der Waals surface area contributed by atoms with Crippen LogP contribution in [0.2, 0.25) is 0 Å². The number of rotatable bonds is 7. The molecule has 0 aromatic heterocycles. The molecular formula is C18H32ClF2N3O2. The molecule has 0 atom stereocenters. The van der Waals surface area contributed by atoms with Gasteiger partial charge < -0.3 is 16.4 Å². The van der Waals surface area contributed by atoms with E-state index in [1.807, 2.05) is 0 Å². The summed E-state index contributed by atoms with van der Waals surface area (Å²) in [6.07, 6.45) is 9.31. The van der Waals surface area contributed by atoms with Gasteiger partial charge in [0.25, 0.3) is 5.92 Å². The zero-order chi connectivity index (χ0) is 18.3. The summed E-state index contributed by atoms with van der Waals surface area (Å²) in [7, 11) is 0. The van der Waals surface area contributed by atoms with Gasteiger partial charge in [0.05, 0.1) is 13.1 Å². The SMILES string of the molecule is Cl.NCC(F)(F)CNC(=O)C1CCC(NC(=O)CC2CCCCC2)CC1. The molecule has 0 aliphatic heterocycles. The number of hydrogen-bond donors (Lipinski definition) is 3. The number of carbonyl (C=O) groups is 2. The van der Waals surface area contributed by atoms with Crippen LogP contribution in [0.15, 0.2) is 0 Å². The van der Waals surface area contributed by atoms with Gasteiger partial charge in [-0.25, -0.2) is 8.78 Å². The van der Waals surface area contributed by atoms with Crippen LogP contribution >= 0.6 is 12.4 Å². The van der Waals surface area contributed by atoms with Crippen molar-refractivity contribution in [2.24, 2.45) is 17.6 Å². The van der Waals surface area contributed by atoms with E-state index in [9.17, 15) is 18.4 Å². The van der Waals surface area contributed by atoms with Crippen molar-refractivity contribution in [3.63, 3.8) is 0 Å². The maximum atomic E-state index is 13.1. The third-order valence-electron chi connectivity index (χ3n) is 5.48. The fourth-order valence-electron chi connectivity index (χ4n) is 3.87. The number of nitrogens with two attached hydrogens (primary N) is 1. The molecule has 8 heteroatoms. The molecule has 26 heavy (non-hydrogen) atoms. The third-order valence-corrected chi connectivity index (χ3v) is 5.48. The molecule has 2 saturated carbocycles. The molecule has 0 aromatic rings. The highest BCUT2D eigenvalue weighted by atomic mass is 35.5. The lowest BCUT2D eigenvalue weighted by Gasteiger charge is -2.29. The Kier molecular flexibility index (Phi) is 9.79. The zero-order valence-corrected chi connectivity index (χ0v) is 16.1. The predicted molar refractivity (Wildman–Crippen MR) is 99.3 cm³/mol. The first-order chi connectivity index (χ1) is 11.9. The molecule has 0 unspecified atom stereocenters. The van der Waals surface area contributed by atoms with E-state index in [-0.39, 0.29) is 36.2 Å². The third kappa shape index (κ3) is 7.74. The van der Waals surface area contributed by atoms with Crippen LogP contribution in [-0.2, 0) is 9.59 Å². The minimum absolute atomic E-state index is 0. The van der Waals surface area contributed by atoms with Crippen molar-refractivity contribution in [1.29, 1.82) is 0 Å². The Morgan fingerprint density at radius 1 is 1.00 bits per heavy atom. The second kappa shape index (κ2) is 11.0. The average molecular weight is 396 g/mol. The molecule has 0 aromatic carbocycles. The minimum Gasteiger partial charge on any atom is -0.353 e. The van der Waals surface area contributed by atoms with Crippen LogP contribution < -0.4 is 16.4 Å². The highest BCUT2D eigenvalue weighted by Crippen LogP contribution is 2.27. The average Bonchev–Trinajstić information content (AvgIpc) is 2.61. The molecule has 0 saturated heterocycles. The minimum atomic E-state index is -3.06. The number of halogens is 3. The smallest absolute Gasteiger partial charge is 0.277 e. The fourth-order valence-corrected chi connectivity index (χ4v) is 3.87. The summed E-state index contributed by atoms with van der Waals surface area (Å²) in [5.41, 5.74) is 4.96. The van der Waals surface area contributed by atoms with Gasteiger partial charge in [0.15, 0.2) is 0 Å². The maximum Gasteiger partial charge on any atom is 0.277 e. The molecule has 2 fully saturated rings. The standard InChI is InChI=1S/C18H31F2N3O2.ClH/c19-18(20,11-21)12-22-17(25)14-6-8-15(9-7-14)23-16(24)10-13-4-2-1-3-5-13;/h13-15H,1-12,21H2,(H,22,25)(H,23,24);1H. The molecule has 5 nitrogen and oxygen atoms in total. The summed E-state index contributed by atoms with van der Waals surface area (Å²) in [5.74, 6) is -3.01. The largest absolute Gasteiger partial charge is 0.353 e. The van der Waals surface area contributed by atoms with Crippen molar-refractivity contribution < 1.29 is 18.4 Å². The molecule has 4 N–H and O–H groups in total. The first-order valence-electron chi connectivity index (χ1n) is 9.54. The number of hydrogen-bond acceptors (Lipinski definition) is 3. The highest BCUT2D eigenvalue weighted by Gasteiger charge is 2.31. The quantitative estimate of drug-likeness (QED) is 0.619. The Labute approximate surface area is 160 Å². The number of nitrogens with one attached hydrogen (secondary N) is 2. The van der Waals surface area contributed by atoms with E-state index in [1.54, 1.807) is 0 Å². The monoisotopic (exact) mass is 395 g/mol. The topological polar surface area (TPSA) is 84.2 Å². The highest BCUT2D eigenvalue weighted by molar-refractivity contribution is 5.85. The van der Waals surface area contributed by atoms with E-state index in [1.165, 1.54) is 19.3 Å². The van der Waals surface area contributed by atoms with E-state index in [2.05, 4.69) is 10.6 Å². The summed E-state index contributed by atoms with van der Waals surface area (Å²) in [6.45, 7) is -1.48. The van der Waals surface area contributed by atoms with Gasteiger partial charge >= 0.3 is 0 Å². The lowest BCUT2D eigenvalue weighted by Crippen LogP contribution is -2.45. The lowest BCUT2D eigenvalue weighted by atomic mass is 9.84. The van der Waals surface area contributed by atoms with Crippen LogP contribution in [0.5, 0.6) is 0 Å². The number of alkyl halides is 2. The zero-order valence-electron chi connectivity index (χ0n) is 15.3. The van der Waals surface area contributed by atoms with Gasteiger partial charge in [0.2, 0.25) is 11.8 Å². The van der Waals surface area contributed by atoms with Gasteiger partial charge in [-0.15, -0.1) is 12.4 Å². The summed E-state index contributed by atoms with van der Waals surface area (Å²) in [6, 6.07) is 0.102. The van der Waals surface area contributed by atoms with E-state index < -0.39 is 19.0 Å². The van der Waals surface area contributed by atoms with E-state index in [0.717, 1.165) is 25.7 Å². The van der Waals surface area contributed by atoms with Crippen LogP contribution in [0.25, 0.3) is 0 Å². The molecular weight excluding hydrogens is 364 g/mol. The van der Waals surface area contributed by atoms with E-state index in [0.29, 0.717) is 25.2 Å². The molecule has 152 valence electrons. The molecule has 2 rings (SSSR count). The molecule has 2 amide bonds. The Balaban J connectivity index is 0.00000338. The van der Waals surface area contributed by atoms with E-state index in [4.69, 9.17) is 5.73 Å². The lowest BCUT2D eigenvalue weighted by molar-refractivity contribution is -0.128. The molecule has 0 bridgehead atoms. The van der Waals surface area contributed by atoms with Crippen molar-refractivity contribution in [3.05, 3.63) is 0 Å². The van der Waals surface area contributed by atoms with Gasteiger partial charge in [-0.1, -0.05) is 19.3 Å². The van der Waals surface area contributed by atoms with Gasteiger partial charge in [-0.2, -0.15) is 0 Å². The molecule has 0 radical (unpaired) electrons. The summed E-state index contributed by atoms with van der Waals surface area (Å²) in [5, 5.41) is 5.38. The first-order valence-corrected chi connectivity index (χ1v) is 9.54. The Bertz CT molecular complexity index is 452. The fraction of sp³-hybridized carbons (Fsp3) is 0.889. The van der Waals surface area contributed by atoms with Gasteiger partial charge in [-0.3, -0.25) is 9.59 Å². The number of carbonyl (C=O) groups excluding carboxylic acids is 2. The van der Waals surface area contributed by atoms with Crippen LogP contribution in [0.1, 0.15) is 64.2 Å². The molecule has 0 heterocycles. The van der Waals surface area contributed by atoms with E-state index >= 15 is 0 Å². The van der Waals surface area contributed by atoms with Crippen LogP contribution in [0.3, 0.4) is 0 Å². The van der Waals surface area contributed by atoms with Gasteiger partial charge in [-0.05, 0) is 44.4 Å². The van der Waals surface area contributed by atoms with Gasteiger partial charge in [0.1, 0.15) is 0 Å². The predicted octanol–water partition coefficient (Wildman–Crippen LogP) is 2.76. The Morgan fingerprint density at radius 2 is 1.62 bits per heavy atom. The molecule has 2 aliphatic rings. The van der Waals surface area contributed by atoms with Crippen LogP contribution in [0.4, 0.5) is 8.78 Å². The van der Waals surface area contributed by atoms with Gasteiger partial charge in [0, 0.05) is 18.4 Å². The maximum absolute atomic E-state index is 13.1. The second-order valence-electron chi connectivity index (χ2n) is 7.60. The summed E-state index contributed by atoms with van der Waals surface area (Å²) < 4.78 is 26.2. The second-order valence-corrected chi connectivity index (χ2v) is 7.60. The van der Waals surface area contributed by atoms with Crippen molar-refractivity contribution in [3.8, 4) is 0 Å². The normalized spacial score (nSPS) is 24.4. The Morgan fingerprint density at radius 3 is 2.19 bits per heavy atom.